The number of hydrogen-bond acceptors (Lipinski definition) is 4. The maximum Gasteiger partial charge on any atom is 0.240 e. The monoisotopic (exact) mass is 382 g/mol. The maximum atomic E-state index is 12.4. The van der Waals surface area contributed by atoms with Crippen LogP contribution in [0, 0.1) is 0 Å². The normalized spacial score (nSPS) is 13.9. The highest BCUT2D eigenvalue weighted by molar-refractivity contribution is 7.89. The molecular formula is C17H19ClN2O4S. The van der Waals surface area contributed by atoms with E-state index in [1.807, 2.05) is 0 Å². The molecule has 0 saturated heterocycles. The van der Waals surface area contributed by atoms with Gasteiger partial charge in [-0.1, -0.05) is 23.7 Å². The second-order valence-corrected chi connectivity index (χ2v) is 8.01. The van der Waals surface area contributed by atoms with E-state index in [1.165, 1.54) is 38.1 Å². The zero-order valence-corrected chi connectivity index (χ0v) is 15.4. The predicted octanol–water partition coefficient (Wildman–Crippen LogP) is 2.48. The van der Waals surface area contributed by atoms with E-state index in [2.05, 4.69) is 10.0 Å². The molecule has 1 unspecified atom stereocenters. The van der Waals surface area contributed by atoms with Gasteiger partial charge in [-0.25, -0.2) is 13.1 Å². The van der Waals surface area contributed by atoms with Crippen LogP contribution < -0.4 is 10.0 Å². The molecule has 1 atom stereocenters. The van der Waals surface area contributed by atoms with Gasteiger partial charge in [-0.3, -0.25) is 4.79 Å². The van der Waals surface area contributed by atoms with Gasteiger partial charge in [0.25, 0.3) is 0 Å². The molecule has 0 spiro atoms. The van der Waals surface area contributed by atoms with Crippen molar-refractivity contribution in [3.8, 4) is 0 Å². The van der Waals surface area contributed by atoms with E-state index >= 15 is 0 Å². The number of carbonyl (C=O) groups excluding carboxylic acids is 1. The van der Waals surface area contributed by atoms with Crippen molar-refractivity contribution < 1.29 is 18.3 Å². The number of halogens is 1. The molecule has 0 saturated carbocycles. The Labute approximate surface area is 151 Å². The molecule has 3 N–H and O–H groups in total. The minimum absolute atomic E-state index is 0.0357. The molecule has 0 fully saturated rings. The largest absolute Gasteiger partial charge is 0.384 e. The molecule has 0 aromatic heterocycles. The Bertz CT molecular complexity index is 847. The fourth-order valence-corrected chi connectivity index (χ4v) is 3.41. The molecule has 0 heterocycles. The average molecular weight is 383 g/mol. The van der Waals surface area contributed by atoms with Crippen LogP contribution in [0.5, 0.6) is 0 Å². The molecule has 0 aliphatic carbocycles. The molecule has 134 valence electrons. The van der Waals surface area contributed by atoms with Crippen molar-refractivity contribution in [1.29, 1.82) is 0 Å². The minimum Gasteiger partial charge on any atom is -0.384 e. The molecule has 6 nitrogen and oxygen atoms in total. The standard InChI is InChI=1S/C17H19ClN2O4S/c1-12(21)20-15-7-9-16(10-8-15)25(23,24)19-11-17(2,22)13-3-5-14(18)6-4-13/h3-10,19,22H,11H2,1-2H3,(H,20,21). The molecule has 0 aliphatic rings. The molecule has 2 rings (SSSR count). The Morgan fingerprint density at radius 1 is 1.12 bits per heavy atom. The number of benzene rings is 2. The first-order valence-corrected chi connectivity index (χ1v) is 9.32. The molecule has 0 radical (unpaired) electrons. The highest BCUT2D eigenvalue weighted by Gasteiger charge is 2.26. The summed E-state index contributed by atoms with van der Waals surface area (Å²) in [6, 6.07) is 12.3. The third-order valence-electron chi connectivity index (χ3n) is 3.56. The summed E-state index contributed by atoms with van der Waals surface area (Å²) in [7, 11) is -3.80. The topological polar surface area (TPSA) is 95.5 Å². The summed E-state index contributed by atoms with van der Waals surface area (Å²) < 4.78 is 27.1. The number of carbonyl (C=O) groups is 1. The first-order chi connectivity index (χ1) is 11.6. The van der Waals surface area contributed by atoms with Gasteiger partial charge in [-0.15, -0.1) is 0 Å². The van der Waals surface area contributed by atoms with Crippen LogP contribution in [-0.4, -0.2) is 26.0 Å². The van der Waals surface area contributed by atoms with Crippen LogP contribution >= 0.6 is 11.6 Å². The first kappa shape index (κ1) is 19.4. The van der Waals surface area contributed by atoms with Crippen molar-refractivity contribution in [2.75, 3.05) is 11.9 Å². The SMILES string of the molecule is CC(=O)Nc1ccc(S(=O)(=O)NCC(C)(O)c2ccc(Cl)cc2)cc1. The lowest BCUT2D eigenvalue weighted by molar-refractivity contribution is -0.114. The zero-order valence-electron chi connectivity index (χ0n) is 13.8. The van der Waals surface area contributed by atoms with Crippen LogP contribution in [-0.2, 0) is 20.4 Å². The smallest absolute Gasteiger partial charge is 0.240 e. The first-order valence-electron chi connectivity index (χ1n) is 7.46. The molecular weight excluding hydrogens is 364 g/mol. The minimum atomic E-state index is -3.80. The van der Waals surface area contributed by atoms with E-state index in [0.717, 1.165) is 0 Å². The third kappa shape index (κ3) is 5.27. The predicted molar refractivity (Wildman–Crippen MR) is 97.0 cm³/mol. The van der Waals surface area contributed by atoms with Gasteiger partial charge in [-0.2, -0.15) is 0 Å². The van der Waals surface area contributed by atoms with Gasteiger partial charge in [0.05, 0.1) is 4.90 Å². The van der Waals surface area contributed by atoms with E-state index in [1.54, 1.807) is 24.3 Å². The highest BCUT2D eigenvalue weighted by Crippen LogP contribution is 2.22. The number of aliphatic hydroxyl groups is 1. The van der Waals surface area contributed by atoms with Crippen molar-refractivity contribution >= 4 is 33.2 Å². The number of anilines is 1. The van der Waals surface area contributed by atoms with Crippen molar-refractivity contribution in [2.45, 2.75) is 24.3 Å². The molecule has 25 heavy (non-hydrogen) atoms. The van der Waals surface area contributed by atoms with Crippen LogP contribution in [0.15, 0.2) is 53.4 Å². The third-order valence-corrected chi connectivity index (χ3v) is 5.23. The maximum absolute atomic E-state index is 12.4. The average Bonchev–Trinajstić information content (AvgIpc) is 2.54. The van der Waals surface area contributed by atoms with Crippen LogP contribution in [0.3, 0.4) is 0 Å². The zero-order chi connectivity index (χ0) is 18.7. The number of rotatable bonds is 6. The molecule has 1 amide bonds. The van der Waals surface area contributed by atoms with E-state index < -0.39 is 15.6 Å². The Morgan fingerprint density at radius 3 is 2.20 bits per heavy atom. The van der Waals surface area contributed by atoms with Gasteiger partial charge in [0.2, 0.25) is 15.9 Å². The van der Waals surface area contributed by atoms with E-state index in [4.69, 9.17) is 11.6 Å². The van der Waals surface area contributed by atoms with Gasteiger partial charge in [0.15, 0.2) is 0 Å². The molecule has 8 heteroatoms. The summed E-state index contributed by atoms with van der Waals surface area (Å²) in [5, 5.41) is 13.6. The Hall–Kier alpha value is -1.93. The lowest BCUT2D eigenvalue weighted by atomic mass is 9.97. The summed E-state index contributed by atoms with van der Waals surface area (Å²) in [5.41, 5.74) is -0.353. The lowest BCUT2D eigenvalue weighted by Crippen LogP contribution is -2.38. The van der Waals surface area contributed by atoms with Crippen molar-refractivity contribution in [2.24, 2.45) is 0 Å². The van der Waals surface area contributed by atoms with Crippen LogP contribution in [0.2, 0.25) is 5.02 Å². The van der Waals surface area contributed by atoms with Crippen molar-refractivity contribution in [1.82, 2.24) is 4.72 Å². The van der Waals surface area contributed by atoms with Crippen LogP contribution in [0.4, 0.5) is 5.69 Å². The van der Waals surface area contributed by atoms with Crippen molar-refractivity contribution in [3.05, 3.63) is 59.1 Å². The van der Waals surface area contributed by atoms with Crippen LogP contribution in [0.1, 0.15) is 19.4 Å². The summed E-state index contributed by atoms with van der Waals surface area (Å²) in [5.74, 6) is -0.243. The summed E-state index contributed by atoms with van der Waals surface area (Å²) >= 11 is 5.82. The van der Waals surface area contributed by atoms with Gasteiger partial charge in [-0.05, 0) is 48.9 Å². The van der Waals surface area contributed by atoms with Gasteiger partial charge in [0, 0.05) is 24.2 Å². The molecule has 2 aromatic carbocycles. The van der Waals surface area contributed by atoms with Gasteiger partial charge in [0.1, 0.15) is 5.60 Å². The van der Waals surface area contributed by atoms with Crippen LogP contribution in [0.25, 0.3) is 0 Å². The van der Waals surface area contributed by atoms with Crippen molar-refractivity contribution in [3.63, 3.8) is 0 Å². The Balaban J connectivity index is 2.10. The highest BCUT2D eigenvalue weighted by atomic mass is 35.5. The number of nitrogens with one attached hydrogen (secondary N) is 2. The summed E-state index contributed by atoms with van der Waals surface area (Å²) in [6.45, 7) is 2.67. The number of hydrogen-bond donors (Lipinski definition) is 3. The van der Waals surface area contributed by atoms with E-state index in [9.17, 15) is 18.3 Å². The number of amides is 1. The quantitative estimate of drug-likeness (QED) is 0.715. The van der Waals surface area contributed by atoms with Gasteiger partial charge >= 0.3 is 0 Å². The molecule has 0 aliphatic heterocycles. The Morgan fingerprint density at radius 2 is 1.68 bits per heavy atom. The summed E-state index contributed by atoms with van der Waals surface area (Å²) in [4.78, 5) is 11.0. The summed E-state index contributed by atoms with van der Waals surface area (Å²) in [6.07, 6.45) is 0. The molecule has 2 aromatic rings. The number of sulfonamides is 1. The van der Waals surface area contributed by atoms with Gasteiger partial charge < -0.3 is 10.4 Å². The molecule has 0 bridgehead atoms. The van der Waals surface area contributed by atoms with E-state index in [-0.39, 0.29) is 17.3 Å². The second-order valence-electron chi connectivity index (χ2n) is 5.81. The second kappa shape index (κ2) is 7.53. The fraction of sp³-hybridized carbons (Fsp3) is 0.235. The van der Waals surface area contributed by atoms with E-state index in [0.29, 0.717) is 16.3 Å². The lowest BCUT2D eigenvalue weighted by Gasteiger charge is -2.24. The fourth-order valence-electron chi connectivity index (χ4n) is 2.15. The Kier molecular flexibility index (Phi) is 5.84.